The zero-order chi connectivity index (χ0) is 11.1. The number of nitrogens with zero attached hydrogens (tertiary/aromatic N) is 3. The highest BCUT2D eigenvalue weighted by atomic mass is 16.2. The van der Waals surface area contributed by atoms with Gasteiger partial charge in [-0.2, -0.15) is 0 Å². The van der Waals surface area contributed by atoms with Crippen LogP contribution in [0.5, 0.6) is 0 Å². The van der Waals surface area contributed by atoms with Crippen molar-refractivity contribution in [3.05, 3.63) is 30.1 Å². The van der Waals surface area contributed by atoms with Gasteiger partial charge in [0, 0.05) is 37.6 Å². The van der Waals surface area contributed by atoms with E-state index in [1.807, 2.05) is 17.0 Å². The highest BCUT2D eigenvalue weighted by molar-refractivity contribution is 5.95. The lowest BCUT2D eigenvalue weighted by Gasteiger charge is -2.55. The minimum atomic E-state index is 0.141. The third-order valence-corrected chi connectivity index (χ3v) is 3.52. The first-order chi connectivity index (χ1) is 7.75. The number of pyridine rings is 1. The molecule has 0 aromatic carbocycles. The van der Waals surface area contributed by atoms with Gasteiger partial charge in [0.15, 0.2) is 0 Å². The van der Waals surface area contributed by atoms with E-state index >= 15 is 0 Å². The van der Waals surface area contributed by atoms with Crippen molar-refractivity contribution in [1.82, 2.24) is 14.8 Å². The highest BCUT2D eigenvalue weighted by Gasteiger charge is 2.46. The van der Waals surface area contributed by atoms with E-state index in [0.717, 1.165) is 19.5 Å². The number of carbonyl (C=O) groups excluding carboxylic acids is 1. The lowest BCUT2D eigenvalue weighted by molar-refractivity contribution is -0.0397. The highest BCUT2D eigenvalue weighted by Crippen LogP contribution is 2.32. The van der Waals surface area contributed by atoms with E-state index in [0.29, 0.717) is 17.6 Å². The second-order valence-corrected chi connectivity index (χ2v) is 4.72. The fourth-order valence-electron chi connectivity index (χ4n) is 2.79. The lowest BCUT2D eigenvalue weighted by atomic mass is 9.87. The average molecular weight is 217 g/mol. The Labute approximate surface area is 94.9 Å². The van der Waals surface area contributed by atoms with Gasteiger partial charge < -0.3 is 9.80 Å². The molecule has 0 radical (unpaired) electrons. The number of piperidine rings is 1. The molecule has 84 valence electrons. The topological polar surface area (TPSA) is 36.4 Å². The largest absolute Gasteiger partial charge is 0.330 e. The Bertz CT molecular complexity index is 394. The van der Waals surface area contributed by atoms with Crippen LogP contribution in [0.2, 0.25) is 0 Å². The van der Waals surface area contributed by atoms with Crippen molar-refractivity contribution < 1.29 is 4.79 Å². The average Bonchev–Trinajstić information content (AvgIpc) is 2.29. The maximum Gasteiger partial charge on any atom is 0.256 e. The van der Waals surface area contributed by atoms with E-state index in [-0.39, 0.29) is 5.91 Å². The van der Waals surface area contributed by atoms with Crippen molar-refractivity contribution in [2.24, 2.45) is 0 Å². The first-order valence-corrected chi connectivity index (χ1v) is 5.67. The Morgan fingerprint density at radius 1 is 1.44 bits per heavy atom. The Kier molecular flexibility index (Phi) is 2.17. The van der Waals surface area contributed by atoms with Gasteiger partial charge in [-0.1, -0.05) is 0 Å². The number of piperazine rings is 1. The summed E-state index contributed by atoms with van der Waals surface area (Å²) in [5.74, 6) is 0.141. The molecule has 4 rings (SSSR count). The second-order valence-electron chi connectivity index (χ2n) is 4.72. The molecule has 1 amide bonds. The van der Waals surface area contributed by atoms with Gasteiger partial charge in [0.2, 0.25) is 0 Å². The van der Waals surface area contributed by atoms with E-state index in [4.69, 9.17) is 0 Å². The van der Waals surface area contributed by atoms with Crippen LogP contribution in [0.25, 0.3) is 0 Å². The first-order valence-electron chi connectivity index (χ1n) is 5.67. The summed E-state index contributed by atoms with van der Waals surface area (Å²) in [4.78, 5) is 20.5. The standard InChI is InChI=1S/C12H15N3O/c1-14-7-10-5-11(8-14)15(10)12(16)9-3-2-4-13-6-9/h2-4,6,10-11H,5,7-8H2,1H3. The van der Waals surface area contributed by atoms with Crippen LogP contribution in [-0.2, 0) is 0 Å². The van der Waals surface area contributed by atoms with Crippen LogP contribution in [0.4, 0.5) is 0 Å². The summed E-state index contributed by atoms with van der Waals surface area (Å²) < 4.78 is 0. The molecule has 4 heteroatoms. The third kappa shape index (κ3) is 1.41. The predicted octanol–water partition coefficient (Wildman–Crippen LogP) is 0.610. The van der Waals surface area contributed by atoms with Crippen molar-refractivity contribution in [2.75, 3.05) is 20.1 Å². The molecule has 3 saturated heterocycles. The van der Waals surface area contributed by atoms with Gasteiger partial charge in [-0.3, -0.25) is 9.78 Å². The van der Waals surface area contributed by atoms with Crippen LogP contribution in [0.3, 0.4) is 0 Å². The number of aromatic nitrogens is 1. The number of hydrogen-bond donors (Lipinski definition) is 0. The number of rotatable bonds is 1. The summed E-state index contributed by atoms with van der Waals surface area (Å²) in [6.07, 6.45) is 4.51. The van der Waals surface area contributed by atoms with Crippen LogP contribution < -0.4 is 0 Å². The minimum absolute atomic E-state index is 0.141. The van der Waals surface area contributed by atoms with Crippen molar-refractivity contribution in [3.8, 4) is 0 Å². The first kappa shape index (κ1) is 9.78. The van der Waals surface area contributed by atoms with Crippen LogP contribution in [0.1, 0.15) is 16.8 Å². The third-order valence-electron chi connectivity index (χ3n) is 3.52. The molecule has 2 bridgehead atoms. The Morgan fingerprint density at radius 2 is 2.19 bits per heavy atom. The molecule has 3 aliphatic heterocycles. The molecule has 4 nitrogen and oxygen atoms in total. The molecule has 1 aromatic rings. The zero-order valence-electron chi connectivity index (χ0n) is 9.34. The SMILES string of the molecule is CN1CC2CC(C1)N2C(=O)c1cccnc1. The summed E-state index contributed by atoms with van der Waals surface area (Å²) in [7, 11) is 2.12. The predicted molar refractivity (Wildman–Crippen MR) is 60.1 cm³/mol. The number of hydrogen-bond acceptors (Lipinski definition) is 3. The number of amides is 1. The van der Waals surface area contributed by atoms with Crippen LogP contribution in [0, 0.1) is 0 Å². The van der Waals surface area contributed by atoms with Gasteiger partial charge in [-0.05, 0) is 25.6 Å². The Balaban J connectivity index is 1.78. The lowest BCUT2D eigenvalue weighted by Crippen LogP contribution is -2.69. The molecule has 0 saturated carbocycles. The van der Waals surface area contributed by atoms with E-state index in [1.54, 1.807) is 12.4 Å². The molecule has 16 heavy (non-hydrogen) atoms. The maximum atomic E-state index is 12.2. The molecular formula is C12H15N3O. The molecule has 0 N–H and O–H groups in total. The molecule has 2 unspecified atom stereocenters. The second kappa shape index (κ2) is 3.56. The fraction of sp³-hybridized carbons (Fsp3) is 0.500. The van der Waals surface area contributed by atoms with Crippen molar-refractivity contribution >= 4 is 5.91 Å². The van der Waals surface area contributed by atoms with Gasteiger partial charge in [-0.15, -0.1) is 0 Å². The summed E-state index contributed by atoms with van der Waals surface area (Å²) >= 11 is 0. The van der Waals surface area contributed by atoms with Crippen LogP contribution in [0.15, 0.2) is 24.5 Å². The summed E-state index contributed by atoms with van der Waals surface area (Å²) in [5.41, 5.74) is 0.710. The normalized spacial score (nSPS) is 28.7. The van der Waals surface area contributed by atoms with Crippen molar-refractivity contribution in [2.45, 2.75) is 18.5 Å². The Hall–Kier alpha value is -1.42. The fourth-order valence-corrected chi connectivity index (χ4v) is 2.79. The summed E-state index contributed by atoms with van der Waals surface area (Å²) in [6.45, 7) is 2.00. The maximum absolute atomic E-state index is 12.2. The van der Waals surface area contributed by atoms with E-state index in [2.05, 4.69) is 16.9 Å². The van der Waals surface area contributed by atoms with Gasteiger partial charge >= 0.3 is 0 Å². The van der Waals surface area contributed by atoms with Crippen molar-refractivity contribution in [3.63, 3.8) is 0 Å². The molecule has 3 aliphatic rings. The minimum Gasteiger partial charge on any atom is -0.330 e. The molecule has 1 aromatic heterocycles. The smallest absolute Gasteiger partial charge is 0.256 e. The quantitative estimate of drug-likeness (QED) is 0.691. The molecule has 2 atom stereocenters. The number of carbonyl (C=O) groups is 1. The molecule has 0 aliphatic carbocycles. The van der Waals surface area contributed by atoms with E-state index < -0.39 is 0 Å². The summed E-state index contributed by atoms with van der Waals surface area (Å²) in [5, 5.41) is 0. The molecule has 3 fully saturated rings. The molecular weight excluding hydrogens is 202 g/mol. The van der Waals surface area contributed by atoms with Gasteiger partial charge in [0.05, 0.1) is 5.56 Å². The van der Waals surface area contributed by atoms with Crippen LogP contribution in [-0.4, -0.2) is 52.9 Å². The van der Waals surface area contributed by atoms with Gasteiger partial charge in [-0.25, -0.2) is 0 Å². The van der Waals surface area contributed by atoms with Crippen LogP contribution >= 0.6 is 0 Å². The van der Waals surface area contributed by atoms with Crippen molar-refractivity contribution in [1.29, 1.82) is 0 Å². The number of likely N-dealkylation sites (N-methyl/N-ethyl adjacent to an activating group) is 1. The molecule has 4 heterocycles. The van der Waals surface area contributed by atoms with Gasteiger partial charge in [0.25, 0.3) is 5.91 Å². The van der Waals surface area contributed by atoms with Gasteiger partial charge in [0.1, 0.15) is 0 Å². The molecule has 0 spiro atoms. The monoisotopic (exact) mass is 217 g/mol. The Morgan fingerprint density at radius 3 is 2.81 bits per heavy atom. The van der Waals surface area contributed by atoms with E-state index in [1.165, 1.54) is 0 Å². The number of fused-ring (bicyclic) bond motifs is 2. The zero-order valence-corrected chi connectivity index (χ0v) is 9.34. The summed E-state index contributed by atoms with van der Waals surface area (Å²) in [6, 6.07) is 4.48. The van der Waals surface area contributed by atoms with E-state index in [9.17, 15) is 4.79 Å².